The van der Waals surface area contributed by atoms with Crippen LogP contribution in [0.15, 0.2) is 42.7 Å². The fraction of sp³-hybridized carbons (Fsp3) is 0.500. The Morgan fingerprint density at radius 3 is 2.36 bits per heavy atom. The van der Waals surface area contributed by atoms with E-state index in [2.05, 4.69) is 6.58 Å². The van der Waals surface area contributed by atoms with Crippen molar-refractivity contribution < 1.29 is 23.0 Å². The van der Waals surface area contributed by atoms with Gasteiger partial charge in [-0.3, -0.25) is 0 Å². The Kier molecular flexibility index (Phi) is 4.96. The third-order valence-electron chi connectivity index (χ3n) is 5.28. The molecule has 2 nitrogen and oxygen atoms in total. The highest BCUT2D eigenvalue weighted by Crippen LogP contribution is 2.53. The van der Waals surface area contributed by atoms with Gasteiger partial charge >= 0.3 is 6.18 Å². The lowest BCUT2D eigenvalue weighted by atomic mass is 9.68. The molecule has 1 atom stereocenters. The highest BCUT2D eigenvalue weighted by Gasteiger charge is 2.45. The van der Waals surface area contributed by atoms with E-state index in [0.29, 0.717) is 24.4 Å². The molecule has 3 rings (SSSR count). The lowest BCUT2D eigenvalue weighted by Gasteiger charge is -2.34. The Morgan fingerprint density at radius 2 is 1.80 bits per heavy atom. The van der Waals surface area contributed by atoms with Crippen molar-refractivity contribution in [2.75, 3.05) is 6.61 Å². The first-order valence-corrected chi connectivity index (χ1v) is 8.71. The van der Waals surface area contributed by atoms with E-state index in [4.69, 9.17) is 4.74 Å². The number of aliphatic hydroxyl groups is 1. The lowest BCUT2D eigenvalue weighted by Crippen LogP contribution is -2.27. The zero-order valence-corrected chi connectivity index (χ0v) is 14.1. The summed E-state index contributed by atoms with van der Waals surface area (Å²) in [6, 6.07) is 5.22. The van der Waals surface area contributed by atoms with Crippen molar-refractivity contribution in [2.45, 2.75) is 50.8 Å². The van der Waals surface area contributed by atoms with Gasteiger partial charge in [-0.25, -0.2) is 0 Å². The smallest absolute Gasteiger partial charge is 0.416 e. The molecule has 1 aromatic carbocycles. The third-order valence-corrected chi connectivity index (χ3v) is 5.28. The van der Waals surface area contributed by atoms with Crippen molar-refractivity contribution in [1.82, 2.24) is 0 Å². The van der Waals surface area contributed by atoms with Crippen molar-refractivity contribution >= 4 is 5.57 Å². The van der Waals surface area contributed by atoms with E-state index in [9.17, 15) is 18.3 Å². The molecule has 0 radical (unpaired) electrons. The van der Waals surface area contributed by atoms with E-state index in [0.717, 1.165) is 49.8 Å². The molecule has 1 fully saturated rings. The summed E-state index contributed by atoms with van der Waals surface area (Å²) in [4.78, 5) is 0. The highest BCUT2D eigenvalue weighted by molar-refractivity contribution is 5.75. The van der Waals surface area contributed by atoms with Crippen LogP contribution in [0.25, 0.3) is 5.57 Å². The molecule has 25 heavy (non-hydrogen) atoms. The van der Waals surface area contributed by atoms with Crippen LogP contribution < -0.4 is 0 Å². The monoisotopic (exact) mass is 352 g/mol. The van der Waals surface area contributed by atoms with Gasteiger partial charge in [0.1, 0.15) is 11.9 Å². The first-order chi connectivity index (χ1) is 11.9. The molecule has 5 heteroatoms. The number of hydrogen-bond acceptors (Lipinski definition) is 2. The quantitative estimate of drug-likeness (QED) is 0.742. The van der Waals surface area contributed by atoms with E-state index in [1.54, 1.807) is 6.08 Å². The van der Waals surface area contributed by atoms with Gasteiger partial charge < -0.3 is 9.84 Å². The summed E-state index contributed by atoms with van der Waals surface area (Å²) in [6.07, 6.45) is 1.99. The van der Waals surface area contributed by atoms with Crippen molar-refractivity contribution in [3.63, 3.8) is 0 Å². The number of aliphatic hydroxyl groups excluding tert-OH is 1. The molecule has 2 aliphatic rings. The van der Waals surface area contributed by atoms with Crippen LogP contribution in [-0.2, 0) is 10.9 Å². The summed E-state index contributed by atoms with van der Waals surface area (Å²) in [5, 5.41) is 10.4. The zero-order valence-electron chi connectivity index (χ0n) is 14.1. The molecule has 1 heterocycles. The fourth-order valence-electron chi connectivity index (χ4n) is 4.05. The van der Waals surface area contributed by atoms with Crippen molar-refractivity contribution in [1.29, 1.82) is 0 Å². The fourth-order valence-corrected chi connectivity index (χ4v) is 4.05. The third kappa shape index (κ3) is 3.47. The van der Waals surface area contributed by atoms with Gasteiger partial charge in [-0.15, -0.1) is 6.58 Å². The molecule has 1 aliphatic heterocycles. The Hall–Kier alpha value is -1.75. The maximum atomic E-state index is 12.9. The van der Waals surface area contributed by atoms with Crippen molar-refractivity contribution in [3.8, 4) is 0 Å². The van der Waals surface area contributed by atoms with E-state index in [1.807, 2.05) is 0 Å². The molecular formula is C20H23F3O2. The van der Waals surface area contributed by atoms with Crippen LogP contribution in [0.5, 0.6) is 0 Å². The van der Waals surface area contributed by atoms with Gasteiger partial charge in [0, 0.05) is 11.0 Å². The number of halogens is 3. The normalized spacial score (nSPS) is 21.3. The molecule has 1 aromatic rings. The predicted octanol–water partition coefficient (Wildman–Crippen LogP) is 5.33. The molecule has 0 saturated heterocycles. The molecular weight excluding hydrogens is 329 g/mol. The molecule has 0 aromatic heterocycles. The topological polar surface area (TPSA) is 29.5 Å². The molecule has 0 bridgehead atoms. The van der Waals surface area contributed by atoms with Crippen molar-refractivity contribution in [3.05, 3.63) is 53.8 Å². The molecule has 1 aliphatic carbocycles. The van der Waals surface area contributed by atoms with Crippen LogP contribution in [0, 0.1) is 5.41 Å². The summed E-state index contributed by atoms with van der Waals surface area (Å²) in [7, 11) is 0. The Labute approximate surface area is 146 Å². The summed E-state index contributed by atoms with van der Waals surface area (Å²) in [5.74, 6) is 0.501. The van der Waals surface area contributed by atoms with Crippen LogP contribution in [0.3, 0.4) is 0 Å². The number of alkyl halides is 3. The summed E-state index contributed by atoms with van der Waals surface area (Å²) in [5.41, 5.74) is 0.734. The van der Waals surface area contributed by atoms with E-state index < -0.39 is 17.8 Å². The van der Waals surface area contributed by atoms with Gasteiger partial charge in [-0.2, -0.15) is 13.2 Å². The molecule has 1 spiro atoms. The standard InChI is InChI=1S/C20H23F3O2/c1-2-6-16(24)18-17(19(13-25-18)11-4-3-5-12-19)14-7-9-15(10-8-14)20(21,22)23/h2,7-10,16,24H,1,3-6,11-13H2. The zero-order chi connectivity index (χ0) is 18.1. The Balaban J connectivity index is 2.04. The van der Waals surface area contributed by atoms with Crippen LogP contribution in [-0.4, -0.2) is 17.8 Å². The first-order valence-electron chi connectivity index (χ1n) is 8.71. The highest BCUT2D eigenvalue weighted by atomic mass is 19.4. The largest absolute Gasteiger partial charge is 0.494 e. The molecule has 1 N–H and O–H groups in total. The average molecular weight is 352 g/mol. The molecule has 1 saturated carbocycles. The molecule has 0 amide bonds. The summed E-state index contributed by atoms with van der Waals surface area (Å²) < 4.78 is 44.5. The second-order valence-corrected chi connectivity index (χ2v) is 6.98. The van der Waals surface area contributed by atoms with Crippen LogP contribution in [0.4, 0.5) is 13.2 Å². The lowest BCUT2D eigenvalue weighted by molar-refractivity contribution is -0.137. The van der Waals surface area contributed by atoms with Crippen LogP contribution >= 0.6 is 0 Å². The Morgan fingerprint density at radius 1 is 1.16 bits per heavy atom. The number of ether oxygens (including phenoxy) is 1. The number of benzene rings is 1. The van der Waals surface area contributed by atoms with Gasteiger partial charge in [0.15, 0.2) is 0 Å². The van der Waals surface area contributed by atoms with Crippen molar-refractivity contribution in [2.24, 2.45) is 5.41 Å². The second-order valence-electron chi connectivity index (χ2n) is 6.98. The maximum absolute atomic E-state index is 12.9. The van der Waals surface area contributed by atoms with Gasteiger partial charge in [0.05, 0.1) is 12.2 Å². The van der Waals surface area contributed by atoms with Gasteiger partial charge in [-0.1, -0.05) is 37.5 Å². The van der Waals surface area contributed by atoms with Gasteiger partial charge in [0.2, 0.25) is 0 Å². The Bertz CT molecular complexity index is 653. The summed E-state index contributed by atoms with van der Waals surface area (Å²) in [6.45, 7) is 4.14. The maximum Gasteiger partial charge on any atom is 0.416 e. The number of rotatable bonds is 4. The summed E-state index contributed by atoms with van der Waals surface area (Å²) >= 11 is 0. The minimum atomic E-state index is -4.35. The minimum absolute atomic E-state index is 0.199. The van der Waals surface area contributed by atoms with E-state index in [-0.39, 0.29) is 5.41 Å². The molecule has 1 unspecified atom stereocenters. The van der Waals surface area contributed by atoms with E-state index in [1.165, 1.54) is 12.1 Å². The predicted molar refractivity (Wildman–Crippen MR) is 90.7 cm³/mol. The number of hydrogen-bond donors (Lipinski definition) is 1. The van der Waals surface area contributed by atoms with E-state index >= 15 is 0 Å². The molecule has 136 valence electrons. The van der Waals surface area contributed by atoms with Gasteiger partial charge in [-0.05, 0) is 37.0 Å². The van der Waals surface area contributed by atoms with Crippen LogP contribution in [0.2, 0.25) is 0 Å². The van der Waals surface area contributed by atoms with Crippen LogP contribution in [0.1, 0.15) is 49.7 Å². The SMILES string of the molecule is C=CCC(O)C1=C(c2ccc(C(F)(F)F)cc2)C2(CCCCC2)CO1. The minimum Gasteiger partial charge on any atom is -0.494 e. The first kappa shape index (κ1) is 18.1. The average Bonchev–Trinajstić information content (AvgIpc) is 2.94. The second kappa shape index (κ2) is 6.87. The van der Waals surface area contributed by atoms with Gasteiger partial charge in [0.25, 0.3) is 0 Å².